The largest absolute Gasteiger partial charge is 0.381 e. The zero-order chi connectivity index (χ0) is 24.8. The van der Waals surface area contributed by atoms with Crippen LogP contribution in [-0.4, -0.2) is 63.8 Å². The van der Waals surface area contributed by atoms with E-state index in [4.69, 9.17) is 4.74 Å². The number of likely N-dealkylation sites (tertiary alicyclic amines) is 1. The number of aryl methyl sites for hydroxylation is 2. The molecule has 6 rings (SSSR count). The van der Waals surface area contributed by atoms with Crippen molar-refractivity contribution >= 4 is 16.7 Å². The Bertz CT molecular complexity index is 1230. The van der Waals surface area contributed by atoms with Crippen LogP contribution in [0.5, 0.6) is 0 Å². The lowest BCUT2D eigenvalue weighted by atomic mass is 10.00. The molecule has 36 heavy (non-hydrogen) atoms. The first-order valence-corrected chi connectivity index (χ1v) is 13.1. The van der Waals surface area contributed by atoms with Crippen molar-refractivity contribution in [3.63, 3.8) is 0 Å². The van der Waals surface area contributed by atoms with Crippen molar-refractivity contribution < 1.29 is 13.5 Å². The molecular weight excluding hydrogens is 462 g/mol. The van der Waals surface area contributed by atoms with E-state index < -0.39 is 6.43 Å². The lowest BCUT2D eigenvalue weighted by molar-refractivity contribution is 0.0545. The molecule has 3 aromatic rings. The summed E-state index contributed by atoms with van der Waals surface area (Å²) in [4.78, 5) is 2.61. The minimum Gasteiger partial charge on any atom is -0.381 e. The lowest BCUT2D eigenvalue weighted by Crippen LogP contribution is -2.32. The van der Waals surface area contributed by atoms with E-state index in [-0.39, 0.29) is 17.4 Å². The highest BCUT2D eigenvalue weighted by Crippen LogP contribution is 2.41. The van der Waals surface area contributed by atoms with Gasteiger partial charge in [-0.2, -0.15) is 5.10 Å². The fourth-order valence-electron chi connectivity index (χ4n) is 6.60. The number of hydrogen-bond donors (Lipinski definition) is 1. The third-order valence-corrected chi connectivity index (χ3v) is 8.43. The van der Waals surface area contributed by atoms with Crippen LogP contribution in [0.15, 0.2) is 24.4 Å². The molecule has 1 N–H and O–H groups in total. The number of fused-ring (bicyclic) bond motifs is 2. The molecule has 4 heterocycles. The molecule has 3 fully saturated rings. The highest BCUT2D eigenvalue weighted by Gasteiger charge is 2.41. The van der Waals surface area contributed by atoms with Gasteiger partial charge in [0.05, 0.1) is 16.8 Å². The number of aromatic nitrogens is 4. The molecule has 1 aliphatic carbocycles. The topological polar surface area (TPSA) is 68.1 Å². The summed E-state index contributed by atoms with van der Waals surface area (Å²) in [6.45, 7) is 7.15. The monoisotopic (exact) mass is 496 g/mol. The smallest absolute Gasteiger partial charge is 0.267 e. The number of ether oxygens (including phenoxy) is 1. The standard InChI is InChI=1S/C27H34F2N6O/c1-16-21(3-4-24-23(16)15-34(2)33-24)25-11-22(26(28)29)27(32-31-25)30-20-9-18-13-35(14-19(18)10-20)12-17-5-7-36-8-6-17/h3-4,11,15,17-20,26H,5-10,12-14H2,1-2H3,(H,30,32)/t18-,19+,20?. The SMILES string of the molecule is Cc1c(-c2cc(C(F)F)c(NC3C[C@@H]4CN(CC5CCOCC5)C[C@@H]4C3)nn2)ccc2nn(C)cc12. The van der Waals surface area contributed by atoms with Crippen molar-refractivity contribution in [2.45, 2.75) is 45.1 Å². The predicted molar refractivity (Wildman–Crippen MR) is 135 cm³/mol. The van der Waals surface area contributed by atoms with Crippen LogP contribution in [0.4, 0.5) is 14.6 Å². The molecule has 0 radical (unpaired) electrons. The molecule has 2 aliphatic heterocycles. The number of nitrogens with zero attached hydrogens (tertiary/aromatic N) is 5. The molecule has 192 valence electrons. The Morgan fingerprint density at radius 2 is 1.86 bits per heavy atom. The number of alkyl halides is 2. The van der Waals surface area contributed by atoms with E-state index >= 15 is 0 Å². The number of hydrogen-bond acceptors (Lipinski definition) is 6. The number of benzene rings is 1. The number of nitrogens with one attached hydrogen (secondary N) is 1. The molecule has 1 unspecified atom stereocenters. The van der Waals surface area contributed by atoms with Crippen LogP contribution in [0.1, 0.15) is 43.2 Å². The van der Waals surface area contributed by atoms with Gasteiger partial charge < -0.3 is 15.0 Å². The second-order valence-corrected chi connectivity index (χ2v) is 10.9. The van der Waals surface area contributed by atoms with E-state index in [0.717, 1.165) is 79.9 Å². The molecule has 7 nitrogen and oxygen atoms in total. The van der Waals surface area contributed by atoms with Gasteiger partial charge in [-0.1, -0.05) is 6.07 Å². The molecule has 2 aromatic heterocycles. The average molecular weight is 497 g/mol. The van der Waals surface area contributed by atoms with Gasteiger partial charge in [-0.3, -0.25) is 4.68 Å². The molecule has 3 aliphatic rings. The Kier molecular flexibility index (Phi) is 6.37. The van der Waals surface area contributed by atoms with E-state index in [1.807, 2.05) is 32.3 Å². The molecule has 2 saturated heterocycles. The van der Waals surface area contributed by atoms with Crippen LogP contribution in [0.25, 0.3) is 22.2 Å². The molecule has 9 heteroatoms. The summed E-state index contributed by atoms with van der Waals surface area (Å²) >= 11 is 0. The lowest BCUT2D eigenvalue weighted by Gasteiger charge is -2.28. The van der Waals surface area contributed by atoms with E-state index in [1.165, 1.54) is 12.6 Å². The fraction of sp³-hybridized carbons (Fsp3) is 0.593. The average Bonchev–Trinajstić information content (AvgIpc) is 3.53. The minimum atomic E-state index is -2.62. The van der Waals surface area contributed by atoms with Crippen molar-refractivity contribution in [3.05, 3.63) is 35.5 Å². The maximum atomic E-state index is 14.1. The normalized spacial score (nSPS) is 25.2. The van der Waals surface area contributed by atoms with E-state index in [9.17, 15) is 8.78 Å². The summed E-state index contributed by atoms with van der Waals surface area (Å²) in [7, 11) is 1.87. The highest BCUT2D eigenvalue weighted by atomic mass is 19.3. The van der Waals surface area contributed by atoms with Crippen LogP contribution >= 0.6 is 0 Å². The van der Waals surface area contributed by atoms with E-state index in [2.05, 4.69) is 25.5 Å². The Morgan fingerprint density at radius 1 is 1.11 bits per heavy atom. The molecule has 0 bridgehead atoms. The fourth-order valence-corrected chi connectivity index (χ4v) is 6.60. The van der Waals surface area contributed by atoms with Gasteiger partial charge in [0, 0.05) is 63.1 Å². The van der Waals surface area contributed by atoms with Gasteiger partial charge in [0.25, 0.3) is 6.43 Å². The van der Waals surface area contributed by atoms with E-state index in [1.54, 1.807) is 4.68 Å². The van der Waals surface area contributed by atoms with Gasteiger partial charge in [-0.25, -0.2) is 8.78 Å². The van der Waals surface area contributed by atoms with Gasteiger partial charge >= 0.3 is 0 Å². The number of halogens is 2. The zero-order valence-corrected chi connectivity index (χ0v) is 21.0. The van der Waals surface area contributed by atoms with Gasteiger partial charge in [0.2, 0.25) is 0 Å². The maximum absolute atomic E-state index is 14.1. The van der Waals surface area contributed by atoms with Crippen LogP contribution in [0.3, 0.4) is 0 Å². The Hall–Kier alpha value is -2.65. The molecule has 1 aromatic carbocycles. The summed E-state index contributed by atoms with van der Waals surface area (Å²) in [5.41, 5.74) is 3.02. The molecule has 1 saturated carbocycles. The minimum absolute atomic E-state index is 0.0797. The summed E-state index contributed by atoms with van der Waals surface area (Å²) in [5.74, 6) is 2.21. The Labute approximate surface area is 210 Å². The molecule has 0 spiro atoms. The third kappa shape index (κ3) is 4.59. The van der Waals surface area contributed by atoms with Gasteiger partial charge in [-0.05, 0) is 68.1 Å². The summed E-state index contributed by atoms with van der Waals surface area (Å²) in [6, 6.07) is 5.45. The zero-order valence-electron chi connectivity index (χ0n) is 21.0. The third-order valence-electron chi connectivity index (χ3n) is 8.43. The number of anilines is 1. The predicted octanol–water partition coefficient (Wildman–Crippen LogP) is 4.83. The molecule has 0 amide bonds. The van der Waals surface area contributed by atoms with Gasteiger partial charge in [0.1, 0.15) is 0 Å². The van der Waals surface area contributed by atoms with Crippen molar-refractivity contribution in [1.82, 2.24) is 24.9 Å². The Morgan fingerprint density at radius 3 is 2.58 bits per heavy atom. The first-order chi connectivity index (χ1) is 17.4. The van der Waals surface area contributed by atoms with Crippen LogP contribution in [0.2, 0.25) is 0 Å². The second-order valence-electron chi connectivity index (χ2n) is 10.9. The Balaban J connectivity index is 1.14. The van der Waals surface area contributed by atoms with Crippen molar-refractivity contribution in [2.24, 2.45) is 24.8 Å². The van der Waals surface area contributed by atoms with Crippen LogP contribution in [-0.2, 0) is 11.8 Å². The first-order valence-electron chi connectivity index (χ1n) is 13.1. The highest BCUT2D eigenvalue weighted by molar-refractivity contribution is 5.88. The quantitative estimate of drug-likeness (QED) is 0.528. The second kappa shape index (κ2) is 9.67. The van der Waals surface area contributed by atoms with E-state index in [0.29, 0.717) is 17.5 Å². The van der Waals surface area contributed by atoms with Crippen molar-refractivity contribution in [3.8, 4) is 11.3 Å². The van der Waals surface area contributed by atoms with Crippen molar-refractivity contribution in [1.29, 1.82) is 0 Å². The first kappa shape index (κ1) is 23.7. The number of rotatable bonds is 6. The van der Waals surface area contributed by atoms with Gasteiger partial charge in [-0.15, -0.1) is 10.2 Å². The molecular formula is C27H34F2N6O. The maximum Gasteiger partial charge on any atom is 0.267 e. The van der Waals surface area contributed by atoms with Crippen LogP contribution in [0, 0.1) is 24.7 Å². The summed E-state index contributed by atoms with van der Waals surface area (Å²) < 4.78 is 35.5. The summed E-state index contributed by atoms with van der Waals surface area (Å²) in [6.07, 6.45) is 3.64. The van der Waals surface area contributed by atoms with Gasteiger partial charge in [0.15, 0.2) is 5.82 Å². The molecule has 3 atom stereocenters. The summed E-state index contributed by atoms with van der Waals surface area (Å²) in [5, 5.41) is 17.4. The van der Waals surface area contributed by atoms with Crippen LogP contribution < -0.4 is 5.32 Å². The van der Waals surface area contributed by atoms with Crippen molar-refractivity contribution in [2.75, 3.05) is 38.2 Å².